The highest BCUT2D eigenvalue weighted by molar-refractivity contribution is 7.09. The summed E-state index contributed by atoms with van der Waals surface area (Å²) < 4.78 is 5.52. The molecule has 0 amide bonds. The largest absolute Gasteiger partial charge is 0.492 e. The van der Waals surface area contributed by atoms with Crippen molar-refractivity contribution in [2.45, 2.75) is 19.4 Å². The number of aromatic nitrogens is 1. The van der Waals surface area contributed by atoms with Gasteiger partial charge in [0.15, 0.2) is 0 Å². The maximum Gasteiger partial charge on any atom is 0.119 e. The Morgan fingerprint density at radius 2 is 2.12 bits per heavy atom. The quantitative estimate of drug-likeness (QED) is 0.884. The predicted octanol–water partition coefficient (Wildman–Crippen LogP) is 2.46. The molecule has 0 aliphatic heterocycles. The predicted molar refractivity (Wildman–Crippen MR) is 70.5 cm³/mol. The fraction of sp³-hybridized carbons (Fsp3) is 0.308. The second kappa shape index (κ2) is 5.80. The Kier molecular flexibility index (Phi) is 4.12. The fourth-order valence-corrected chi connectivity index (χ4v) is 2.09. The van der Waals surface area contributed by atoms with Crippen LogP contribution in [0.3, 0.4) is 0 Å². The molecule has 0 aliphatic rings. The molecule has 4 heteroatoms. The highest BCUT2D eigenvalue weighted by atomic mass is 32.1. The van der Waals surface area contributed by atoms with Gasteiger partial charge in [-0.1, -0.05) is 12.1 Å². The van der Waals surface area contributed by atoms with Crippen LogP contribution in [0.2, 0.25) is 0 Å². The van der Waals surface area contributed by atoms with E-state index in [0.29, 0.717) is 6.61 Å². The minimum atomic E-state index is 0.0619. The summed E-state index contributed by atoms with van der Waals surface area (Å²) in [6.45, 7) is 2.48. The first-order chi connectivity index (χ1) is 8.24. The highest BCUT2D eigenvalue weighted by Crippen LogP contribution is 2.17. The van der Waals surface area contributed by atoms with Gasteiger partial charge in [-0.05, 0) is 24.6 Å². The summed E-state index contributed by atoms with van der Waals surface area (Å²) in [5.74, 6) is 0.871. The molecule has 0 saturated carbocycles. The van der Waals surface area contributed by atoms with Gasteiger partial charge in [-0.25, -0.2) is 0 Å². The smallest absolute Gasteiger partial charge is 0.119 e. The van der Waals surface area contributed by atoms with Crippen molar-refractivity contribution in [3.8, 4) is 5.75 Å². The molecule has 0 fully saturated rings. The first-order valence-corrected chi connectivity index (χ1v) is 6.46. The van der Waals surface area contributed by atoms with Crippen molar-refractivity contribution in [1.29, 1.82) is 0 Å². The Labute approximate surface area is 105 Å². The minimum absolute atomic E-state index is 0.0619. The van der Waals surface area contributed by atoms with Crippen molar-refractivity contribution in [3.05, 3.63) is 46.4 Å². The minimum Gasteiger partial charge on any atom is -0.492 e. The third-order valence-corrected chi connectivity index (χ3v) is 3.08. The molecule has 0 aliphatic carbocycles. The van der Waals surface area contributed by atoms with Crippen LogP contribution < -0.4 is 10.5 Å². The van der Waals surface area contributed by atoms with Crippen molar-refractivity contribution < 1.29 is 4.74 Å². The maximum absolute atomic E-state index is 5.63. The van der Waals surface area contributed by atoms with E-state index in [4.69, 9.17) is 10.5 Å². The lowest BCUT2D eigenvalue weighted by Crippen LogP contribution is -2.23. The van der Waals surface area contributed by atoms with Gasteiger partial charge in [-0.15, -0.1) is 11.3 Å². The summed E-state index contributed by atoms with van der Waals surface area (Å²) in [6, 6.07) is 8.19. The van der Waals surface area contributed by atoms with Gasteiger partial charge < -0.3 is 10.5 Å². The molecule has 1 aromatic heterocycles. The number of ether oxygens (including phenoxy) is 1. The molecule has 1 aromatic carbocycles. The Morgan fingerprint density at radius 1 is 1.35 bits per heavy atom. The summed E-state index contributed by atoms with van der Waals surface area (Å²) in [7, 11) is 0. The summed E-state index contributed by atoms with van der Waals surface area (Å²) in [4.78, 5) is 5.34. The Morgan fingerprint density at radius 3 is 2.71 bits per heavy atom. The van der Waals surface area contributed by atoms with E-state index in [2.05, 4.69) is 17.1 Å². The first kappa shape index (κ1) is 12.1. The number of benzene rings is 1. The summed E-state index contributed by atoms with van der Waals surface area (Å²) in [5.41, 5.74) is 8.75. The van der Waals surface area contributed by atoms with E-state index in [0.717, 1.165) is 12.2 Å². The molecular weight excluding hydrogens is 232 g/mol. The summed E-state index contributed by atoms with van der Waals surface area (Å²) in [5, 5.41) is 0. The van der Waals surface area contributed by atoms with E-state index in [-0.39, 0.29) is 6.04 Å². The molecule has 0 radical (unpaired) electrons. The van der Waals surface area contributed by atoms with E-state index in [1.807, 2.05) is 30.8 Å². The van der Waals surface area contributed by atoms with Crippen molar-refractivity contribution in [1.82, 2.24) is 4.98 Å². The van der Waals surface area contributed by atoms with Crippen LogP contribution in [0.15, 0.2) is 36.0 Å². The van der Waals surface area contributed by atoms with Crippen molar-refractivity contribution in [2.75, 3.05) is 6.61 Å². The van der Waals surface area contributed by atoms with Gasteiger partial charge in [-0.3, -0.25) is 4.98 Å². The molecule has 2 aromatic rings. The van der Waals surface area contributed by atoms with Gasteiger partial charge in [-0.2, -0.15) is 0 Å². The van der Waals surface area contributed by atoms with Crippen LogP contribution in [0.4, 0.5) is 0 Å². The number of thiazole rings is 1. The van der Waals surface area contributed by atoms with Gasteiger partial charge in [0.25, 0.3) is 0 Å². The van der Waals surface area contributed by atoms with E-state index < -0.39 is 0 Å². The summed E-state index contributed by atoms with van der Waals surface area (Å²) >= 11 is 1.68. The van der Waals surface area contributed by atoms with Crippen molar-refractivity contribution in [2.24, 2.45) is 5.73 Å². The van der Waals surface area contributed by atoms with Crippen molar-refractivity contribution in [3.63, 3.8) is 0 Å². The number of hydrogen-bond acceptors (Lipinski definition) is 4. The average molecular weight is 248 g/mol. The standard InChI is InChI=1S/C13H16N2OS/c1-10(14)8-16-12-4-2-11(3-5-12)6-13-7-15-9-17-13/h2-5,7,9-10H,6,8,14H2,1H3/t10-/m1/s1. The second-order valence-corrected chi connectivity index (χ2v) is 5.05. The maximum atomic E-state index is 5.63. The zero-order valence-electron chi connectivity index (χ0n) is 9.80. The molecule has 90 valence electrons. The molecule has 2 rings (SSSR count). The number of hydrogen-bond donors (Lipinski definition) is 1. The molecule has 0 bridgehead atoms. The topological polar surface area (TPSA) is 48.1 Å². The van der Waals surface area contributed by atoms with Gasteiger partial charge in [0.1, 0.15) is 12.4 Å². The molecule has 0 unspecified atom stereocenters. The number of nitrogens with two attached hydrogens (primary N) is 1. The summed E-state index contributed by atoms with van der Waals surface area (Å²) in [6.07, 6.45) is 2.84. The lowest BCUT2D eigenvalue weighted by atomic mass is 10.1. The van der Waals surface area contributed by atoms with E-state index in [1.54, 1.807) is 11.3 Å². The molecule has 2 N–H and O–H groups in total. The first-order valence-electron chi connectivity index (χ1n) is 5.59. The van der Waals surface area contributed by atoms with Crippen LogP contribution in [0, 0.1) is 0 Å². The lowest BCUT2D eigenvalue weighted by molar-refractivity contribution is 0.296. The highest BCUT2D eigenvalue weighted by Gasteiger charge is 2.00. The zero-order chi connectivity index (χ0) is 12.1. The Hall–Kier alpha value is -1.39. The van der Waals surface area contributed by atoms with Gasteiger partial charge in [0.2, 0.25) is 0 Å². The molecule has 1 atom stereocenters. The van der Waals surface area contributed by atoms with Crippen LogP contribution in [-0.4, -0.2) is 17.6 Å². The lowest BCUT2D eigenvalue weighted by Gasteiger charge is -2.09. The van der Waals surface area contributed by atoms with Gasteiger partial charge in [0, 0.05) is 23.5 Å². The van der Waals surface area contributed by atoms with Gasteiger partial charge in [0.05, 0.1) is 5.51 Å². The van der Waals surface area contributed by atoms with Crippen LogP contribution in [0.1, 0.15) is 17.4 Å². The normalized spacial score (nSPS) is 12.4. The third-order valence-electron chi connectivity index (χ3n) is 2.30. The van der Waals surface area contributed by atoms with Crippen LogP contribution in [0.5, 0.6) is 5.75 Å². The van der Waals surface area contributed by atoms with Crippen LogP contribution in [-0.2, 0) is 6.42 Å². The monoisotopic (exact) mass is 248 g/mol. The van der Waals surface area contributed by atoms with E-state index in [1.165, 1.54) is 10.4 Å². The van der Waals surface area contributed by atoms with E-state index >= 15 is 0 Å². The number of rotatable bonds is 5. The fourth-order valence-electron chi connectivity index (χ4n) is 1.46. The molecule has 0 saturated heterocycles. The van der Waals surface area contributed by atoms with Gasteiger partial charge >= 0.3 is 0 Å². The Bertz CT molecular complexity index is 437. The molecular formula is C13H16N2OS. The molecule has 0 spiro atoms. The molecule has 17 heavy (non-hydrogen) atoms. The number of nitrogens with zero attached hydrogens (tertiary/aromatic N) is 1. The second-order valence-electron chi connectivity index (χ2n) is 4.08. The average Bonchev–Trinajstić information content (AvgIpc) is 2.81. The van der Waals surface area contributed by atoms with Crippen molar-refractivity contribution >= 4 is 11.3 Å². The third kappa shape index (κ3) is 3.84. The zero-order valence-corrected chi connectivity index (χ0v) is 10.6. The van der Waals surface area contributed by atoms with Crippen LogP contribution >= 0.6 is 11.3 Å². The molecule has 1 heterocycles. The Balaban J connectivity index is 1.93. The molecule has 3 nitrogen and oxygen atoms in total. The van der Waals surface area contributed by atoms with Crippen LogP contribution in [0.25, 0.3) is 0 Å². The van der Waals surface area contributed by atoms with E-state index in [9.17, 15) is 0 Å². The SMILES string of the molecule is C[C@@H](N)COc1ccc(Cc2cncs2)cc1.